The van der Waals surface area contributed by atoms with Crippen LogP contribution < -0.4 is 5.32 Å². The minimum Gasteiger partial charge on any atom is -0.312 e. The van der Waals surface area contributed by atoms with E-state index >= 15 is 0 Å². The van der Waals surface area contributed by atoms with Crippen molar-refractivity contribution in [2.45, 2.75) is 77.8 Å². The maximum atomic E-state index is 3.91. The molecule has 4 aliphatic carbocycles. The Morgan fingerprint density at radius 2 is 1.57 bits per heavy atom. The van der Waals surface area contributed by atoms with E-state index in [1.807, 2.05) is 0 Å². The third kappa shape index (κ3) is 3.03. The molecule has 2 heteroatoms. The van der Waals surface area contributed by atoms with E-state index in [0.717, 1.165) is 30.3 Å². The molecule has 0 radical (unpaired) electrons. The van der Waals surface area contributed by atoms with Crippen LogP contribution in [0.3, 0.4) is 0 Å². The van der Waals surface area contributed by atoms with Crippen molar-refractivity contribution in [2.75, 3.05) is 20.1 Å². The Morgan fingerprint density at radius 3 is 2.00 bits per heavy atom. The number of hydrogen-bond acceptors (Lipinski definition) is 2. The van der Waals surface area contributed by atoms with Crippen LogP contribution in [0.4, 0.5) is 0 Å². The smallest absolute Gasteiger partial charge is 0.0251 e. The quantitative estimate of drug-likeness (QED) is 0.765. The summed E-state index contributed by atoms with van der Waals surface area (Å²) >= 11 is 0. The molecule has 0 amide bonds. The predicted molar refractivity (Wildman–Crippen MR) is 90.5 cm³/mol. The van der Waals surface area contributed by atoms with E-state index in [-0.39, 0.29) is 0 Å². The van der Waals surface area contributed by atoms with Crippen LogP contribution in [0.15, 0.2) is 0 Å². The van der Waals surface area contributed by atoms with Gasteiger partial charge in [-0.3, -0.25) is 0 Å². The average Bonchev–Trinajstić information content (AvgIpc) is 2.44. The second kappa shape index (κ2) is 6.20. The topological polar surface area (TPSA) is 15.3 Å². The Bertz CT molecular complexity index is 316. The first-order chi connectivity index (χ1) is 10.1. The molecule has 0 aromatic rings. The third-order valence-corrected chi connectivity index (χ3v) is 7.09. The van der Waals surface area contributed by atoms with Gasteiger partial charge in [0.15, 0.2) is 0 Å². The van der Waals surface area contributed by atoms with Gasteiger partial charge in [0, 0.05) is 18.6 Å². The molecule has 4 saturated carbocycles. The Balaban J connectivity index is 1.74. The summed E-state index contributed by atoms with van der Waals surface area (Å²) in [5.74, 6) is 3.18. The van der Waals surface area contributed by atoms with E-state index in [2.05, 4.69) is 38.0 Å². The third-order valence-electron chi connectivity index (χ3n) is 7.09. The Morgan fingerprint density at radius 1 is 1.05 bits per heavy atom. The largest absolute Gasteiger partial charge is 0.312 e. The summed E-state index contributed by atoms with van der Waals surface area (Å²) < 4.78 is 0. The molecule has 2 atom stereocenters. The Labute approximate surface area is 132 Å². The van der Waals surface area contributed by atoms with E-state index in [1.54, 1.807) is 19.3 Å². The van der Waals surface area contributed by atoms with Gasteiger partial charge >= 0.3 is 0 Å². The van der Waals surface area contributed by atoms with E-state index in [1.165, 1.54) is 32.2 Å². The molecule has 4 rings (SSSR count). The first-order valence-corrected chi connectivity index (χ1v) is 9.50. The van der Waals surface area contributed by atoms with Crippen molar-refractivity contribution in [3.63, 3.8) is 0 Å². The molecule has 0 spiro atoms. The zero-order valence-electron chi connectivity index (χ0n) is 14.7. The predicted octanol–water partition coefficient (Wildman–Crippen LogP) is 3.91. The first kappa shape index (κ1) is 15.8. The zero-order chi connectivity index (χ0) is 15.0. The number of nitrogens with zero attached hydrogens (tertiary/aromatic N) is 1. The summed E-state index contributed by atoms with van der Waals surface area (Å²) in [7, 11) is 2.33. The second-order valence-corrected chi connectivity index (χ2v) is 8.59. The standard InChI is InChI=1S/C19H36N2/c1-5-14(3)21(4)13-18(20-6-2)19-10-15-7-16(11-19)9-17(8-15)12-19/h14-18,20H,5-13H2,1-4H3. The van der Waals surface area contributed by atoms with Crippen molar-refractivity contribution in [1.29, 1.82) is 0 Å². The van der Waals surface area contributed by atoms with Gasteiger partial charge in [-0.15, -0.1) is 0 Å². The molecule has 21 heavy (non-hydrogen) atoms. The maximum Gasteiger partial charge on any atom is 0.0251 e. The molecule has 2 nitrogen and oxygen atoms in total. The molecular weight excluding hydrogens is 256 g/mol. The molecular formula is C19H36N2. The summed E-state index contributed by atoms with van der Waals surface area (Å²) in [5.41, 5.74) is 0.631. The van der Waals surface area contributed by atoms with E-state index in [0.29, 0.717) is 11.5 Å². The highest BCUT2D eigenvalue weighted by Gasteiger charge is 2.54. The highest BCUT2D eigenvalue weighted by molar-refractivity contribution is 5.06. The summed E-state index contributed by atoms with van der Waals surface area (Å²) in [6.07, 6.45) is 10.5. The fraction of sp³-hybridized carbons (Fsp3) is 1.00. The number of hydrogen-bond donors (Lipinski definition) is 1. The van der Waals surface area contributed by atoms with Crippen molar-refractivity contribution in [2.24, 2.45) is 23.2 Å². The number of likely N-dealkylation sites (N-methyl/N-ethyl adjacent to an activating group) is 2. The minimum atomic E-state index is 0.631. The van der Waals surface area contributed by atoms with Crippen LogP contribution >= 0.6 is 0 Å². The fourth-order valence-corrected chi connectivity index (χ4v) is 6.11. The van der Waals surface area contributed by atoms with Gasteiger partial charge in [-0.1, -0.05) is 13.8 Å². The van der Waals surface area contributed by atoms with Gasteiger partial charge in [-0.25, -0.2) is 0 Å². The van der Waals surface area contributed by atoms with E-state index in [4.69, 9.17) is 0 Å². The molecule has 0 aliphatic heterocycles. The van der Waals surface area contributed by atoms with Crippen molar-refractivity contribution in [1.82, 2.24) is 10.2 Å². The van der Waals surface area contributed by atoms with Gasteiger partial charge in [0.1, 0.15) is 0 Å². The van der Waals surface area contributed by atoms with Gasteiger partial charge in [0.25, 0.3) is 0 Å². The highest BCUT2D eigenvalue weighted by atomic mass is 15.2. The summed E-state index contributed by atoms with van der Waals surface area (Å²) in [4.78, 5) is 2.60. The fourth-order valence-electron chi connectivity index (χ4n) is 6.11. The lowest BCUT2D eigenvalue weighted by atomic mass is 9.47. The van der Waals surface area contributed by atoms with Gasteiger partial charge in [-0.2, -0.15) is 0 Å². The SMILES string of the molecule is CCNC(CN(C)C(C)CC)C12CC3CC(CC(C3)C1)C2. The average molecular weight is 293 g/mol. The molecule has 4 bridgehead atoms. The van der Waals surface area contributed by atoms with Crippen LogP contribution in [-0.2, 0) is 0 Å². The van der Waals surface area contributed by atoms with Crippen LogP contribution in [0, 0.1) is 23.2 Å². The lowest BCUT2D eigenvalue weighted by Gasteiger charge is -2.60. The van der Waals surface area contributed by atoms with Crippen molar-refractivity contribution in [3.05, 3.63) is 0 Å². The Hall–Kier alpha value is -0.0800. The monoisotopic (exact) mass is 292 g/mol. The van der Waals surface area contributed by atoms with Crippen LogP contribution in [-0.4, -0.2) is 37.1 Å². The summed E-state index contributed by atoms with van der Waals surface area (Å²) in [6, 6.07) is 1.43. The lowest BCUT2D eigenvalue weighted by molar-refractivity contribution is -0.0788. The minimum absolute atomic E-state index is 0.631. The molecule has 4 fully saturated rings. The zero-order valence-corrected chi connectivity index (χ0v) is 14.7. The molecule has 122 valence electrons. The van der Waals surface area contributed by atoms with Crippen LogP contribution in [0.5, 0.6) is 0 Å². The van der Waals surface area contributed by atoms with E-state index < -0.39 is 0 Å². The summed E-state index contributed by atoms with van der Waals surface area (Å²) in [5, 5.41) is 3.91. The first-order valence-electron chi connectivity index (χ1n) is 9.50. The molecule has 4 aliphatic rings. The molecule has 0 aromatic heterocycles. The maximum absolute atomic E-state index is 3.91. The van der Waals surface area contributed by atoms with Crippen LogP contribution in [0.25, 0.3) is 0 Å². The molecule has 0 aromatic carbocycles. The van der Waals surface area contributed by atoms with E-state index in [9.17, 15) is 0 Å². The van der Waals surface area contributed by atoms with Crippen molar-refractivity contribution in [3.8, 4) is 0 Å². The molecule has 2 unspecified atom stereocenters. The van der Waals surface area contributed by atoms with Gasteiger partial charge in [0.2, 0.25) is 0 Å². The molecule has 0 heterocycles. The van der Waals surface area contributed by atoms with Crippen LogP contribution in [0.2, 0.25) is 0 Å². The Kier molecular flexibility index (Phi) is 4.66. The van der Waals surface area contributed by atoms with Crippen molar-refractivity contribution >= 4 is 0 Å². The number of nitrogens with one attached hydrogen (secondary N) is 1. The van der Waals surface area contributed by atoms with Gasteiger partial charge < -0.3 is 10.2 Å². The lowest BCUT2D eigenvalue weighted by Crippen LogP contribution is -2.59. The van der Waals surface area contributed by atoms with Gasteiger partial charge in [0.05, 0.1) is 0 Å². The van der Waals surface area contributed by atoms with Crippen molar-refractivity contribution < 1.29 is 0 Å². The molecule has 1 N–H and O–H groups in total. The molecule has 0 saturated heterocycles. The van der Waals surface area contributed by atoms with Crippen LogP contribution in [0.1, 0.15) is 65.7 Å². The summed E-state index contributed by atoms with van der Waals surface area (Å²) in [6.45, 7) is 9.35. The normalized spacial score (nSPS) is 40.7. The van der Waals surface area contributed by atoms with Gasteiger partial charge in [-0.05, 0) is 88.6 Å². The highest BCUT2D eigenvalue weighted by Crippen LogP contribution is 2.61. The second-order valence-electron chi connectivity index (χ2n) is 8.59. The number of rotatable bonds is 7.